The smallest absolute Gasteiger partial charge is 0.213 e. The van der Waals surface area contributed by atoms with Crippen molar-refractivity contribution in [1.29, 1.82) is 0 Å². The van der Waals surface area contributed by atoms with Crippen molar-refractivity contribution in [2.75, 3.05) is 34.5 Å². The third kappa shape index (κ3) is 2.75. The quantitative estimate of drug-likeness (QED) is 0.690. The number of methoxy groups -OCH3 is 3. The second-order valence-electron chi connectivity index (χ2n) is 3.43. The summed E-state index contributed by atoms with van der Waals surface area (Å²) < 4.78 is 28.7. The highest BCUT2D eigenvalue weighted by molar-refractivity contribution is 5.20. The summed E-state index contributed by atoms with van der Waals surface area (Å²) in [7, 11) is 4.65. The Hall–Kier alpha value is -1.04. The fourth-order valence-corrected chi connectivity index (χ4v) is 1.60. The van der Waals surface area contributed by atoms with Crippen LogP contribution >= 0.6 is 0 Å². The number of pyridine rings is 1. The van der Waals surface area contributed by atoms with Crippen molar-refractivity contribution >= 4 is 0 Å². The molecule has 4 nitrogen and oxygen atoms in total. The van der Waals surface area contributed by atoms with Crippen LogP contribution in [0.1, 0.15) is 5.56 Å². The Kier molecular flexibility index (Phi) is 4.79. The topological polar surface area (TPSA) is 40.6 Å². The lowest BCUT2D eigenvalue weighted by molar-refractivity contribution is -0.109. The largest absolute Gasteiger partial charge is 0.381 e. The molecule has 5 heteroatoms. The van der Waals surface area contributed by atoms with Gasteiger partial charge in [0.1, 0.15) is 5.60 Å². The molecule has 0 amide bonds. The first-order valence-corrected chi connectivity index (χ1v) is 4.83. The predicted molar refractivity (Wildman–Crippen MR) is 56.6 cm³/mol. The van der Waals surface area contributed by atoms with E-state index in [1.165, 1.54) is 19.4 Å². The Balaban J connectivity index is 3.07. The first-order chi connectivity index (χ1) is 7.68. The molecule has 0 aromatic carbocycles. The van der Waals surface area contributed by atoms with E-state index in [0.717, 1.165) is 0 Å². The van der Waals surface area contributed by atoms with Crippen LogP contribution in [0.15, 0.2) is 18.3 Å². The van der Waals surface area contributed by atoms with Gasteiger partial charge >= 0.3 is 0 Å². The molecule has 1 aromatic rings. The fraction of sp³-hybridized carbons (Fsp3) is 0.545. The summed E-state index contributed by atoms with van der Waals surface area (Å²) >= 11 is 0. The molecular formula is C11H16FNO3. The van der Waals surface area contributed by atoms with Crippen molar-refractivity contribution in [2.24, 2.45) is 0 Å². The van der Waals surface area contributed by atoms with Gasteiger partial charge in [0.2, 0.25) is 5.95 Å². The van der Waals surface area contributed by atoms with Crippen LogP contribution in [-0.2, 0) is 19.8 Å². The van der Waals surface area contributed by atoms with Crippen LogP contribution < -0.4 is 0 Å². The van der Waals surface area contributed by atoms with Crippen LogP contribution in [-0.4, -0.2) is 39.5 Å². The van der Waals surface area contributed by atoms with E-state index in [4.69, 9.17) is 14.2 Å². The van der Waals surface area contributed by atoms with Crippen molar-refractivity contribution in [2.45, 2.75) is 5.60 Å². The first kappa shape index (κ1) is 13.0. The Morgan fingerprint density at radius 2 is 1.88 bits per heavy atom. The van der Waals surface area contributed by atoms with Crippen molar-refractivity contribution in [3.63, 3.8) is 0 Å². The molecule has 0 atom stereocenters. The van der Waals surface area contributed by atoms with Crippen LogP contribution in [0.2, 0.25) is 0 Å². The summed E-state index contributed by atoms with van der Waals surface area (Å²) in [5.41, 5.74) is -0.154. The second kappa shape index (κ2) is 5.89. The maximum Gasteiger partial charge on any atom is 0.213 e. The Morgan fingerprint density at radius 3 is 2.31 bits per heavy atom. The molecule has 1 aromatic heterocycles. The van der Waals surface area contributed by atoms with Gasteiger partial charge in [0, 0.05) is 27.5 Å². The molecule has 0 bridgehead atoms. The number of ether oxygens (including phenoxy) is 3. The third-order valence-corrected chi connectivity index (χ3v) is 2.40. The number of nitrogens with zero attached hydrogens (tertiary/aromatic N) is 1. The molecule has 16 heavy (non-hydrogen) atoms. The molecule has 0 saturated carbocycles. The highest BCUT2D eigenvalue weighted by atomic mass is 19.1. The summed E-state index contributed by atoms with van der Waals surface area (Å²) in [5.74, 6) is -0.550. The molecule has 0 aliphatic heterocycles. The van der Waals surface area contributed by atoms with Crippen molar-refractivity contribution < 1.29 is 18.6 Å². The van der Waals surface area contributed by atoms with E-state index in [-0.39, 0.29) is 13.2 Å². The molecule has 1 heterocycles. The van der Waals surface area contributed by atoms with Crippen LogP contribution in [0.4, 0.5) is 4.39 Å². The van der Waals surface area contributed by atoms with Crippen LogP contribution in [0.3, 0.4) is 0 Å². The van der Waals surface area contributed by atoms with Gasteiger partial charge in [-0.15, -0.1) is 0 Å². The van der Waals surface area contributed by atoms with Gasteiger partial charge in [-0.2, -0.15) is 4.39 Å². The van der Waals surface area contributed by atoms with Crippen LogP contribution in [0.5, 0.6) is 0 Å². The molecular weight excluding hydrogens is 213 g/mol. The first-order valence-electron chi connectivity index (χ1n) is 4.83. The molecule has 0 saturated heterocycles. The van der Waals surface area contributed by atoms with Gasteiger partial charge in [-0.1, -0.05) is 0 Å². The highest BCUT2D eigenvalue weighted by Gasteiger charge is 2.33. The van der Waals surface area contributed by atoms with E-state index in [1.807, 2.05) is 0 Å². The lowest BCUT2D eigenvalue weighted by atomic mass is 9.96. The van der Waals surface area contributed by atoms with Gasteiger partial charge in [-0.3, -0.25) is 0 Å². The second-order valence-corrected chi connectivity index (χ2v) is 3.43. The summed E-state index contributed by atoms with van der Waals surface area (Å²) in [5, 5.41) is 0. The average Bonchev–Trinajstić information content (AvgIpc) is 2.28. The van der Waals surface area contributed by atoms with E-state index < -0.39 is 11.5 Å². The Morgan fingerprint density at radius 1 is 1.25 bits per heavy atom. The monoisotopic (exact) mass is 229 g/mol. The van der Waals surface area contributed by atoms with E-state index >= 15 is 0 Å². The SMILES string of the molecule is COCC(COC)(OC)c1ccnc(F)c1. The third-order valence-electron chi connectivity index (χ3n) is 2.40. The van der Waals surface area contributed by atoms with E-state index in [0.29, 0.717) is 5.56 Å². The number of hydrogen-bond donors (Lipinski definition) is 0. The van der Waals surface area contributed by atoms with Crippen molar-refractivity contribution in [3.05, 3.63) is 29.8 Å². The molecule has 90 valence electrons. The van der Waals surface area contributed by atoms with Crippen LogP contribution in [0.25, 0.3) is 0 Å². The predicted octanol–water partition coefficient (Wildman–Crippen LogP) is 1.36. The Labute approximate surface area is 94.3 Å². The number of hydrogen-bond acceptors (Lipinski definition) is 4. The number of aromatic nitrogens is 1. The molecule has 0 aliphatic carbocycles. The minimum atomic E-state index is -0.798. The standard InChI is InChI=1S/C11H16FNO3/c1-14-7-11(16-3,8-15-2)9-4-5-13-10(12)6-9/h4-6H,7-8H2,1-3H3. The fourth-order valence-electron chi connectivity index (χ4n) is 1.60. The average molecular weight is 229 g/mol. The maximum atomic E-state index is 13.1. The van der Waals surface area contributed by atoms with E-state index in [9.17, 15) is 4.39 Å². The zero-order valence-corrected chi connectivity index (χ0v) is 9.70. The molecule has 0 unspecified atom stereocenters. The van der Waals surface area contributed by atoms with Gasteiger partial charge in [-0.25, -0.2) is 4.98 Å². The number of halogens is 1. The van der Waals surface area contributed by atoms with E-state index in [1.54, 1.807) is 20.3 Å². The van der Waals surface area contributed by atoms with Crippen LogP contribution in [0, 0.1) is 5.95 Å². The zero-order chi connectivity index (χ0) is 12.0. The van der Waals surface area contributed by atoms with E-state index in [2.05, 4.69) is 4.98 Å². The summed E-state index contributed by atoms with van der Waals surface area (Å²) in [6.07, 6.45) is 1.39. The lowest BCUT2D eigenvalue weighted by Gasteiger charge is -2.31. The normalized spacial score (nSPS) is 11.8. The van der Waals surface area contributed by atoms with Gasteiger partial charge in [0.25, 0.3) is 0 Å². The van der Waals surface area contributed by atoms with Gasteiger partial charge in [0.05, 0.1) is 13.2 Å². The molecule has 0 aliphatic rings. The van der Waals surface area contributed by atoms with Gasteiger partial charge < -0.3 is 14.2 Å². The van der Waals surface area contributed by atoms with Crippen molar-refractivity contribution in [1.82, 2.24) is 4.98 Å². The van der Waals surface area contributed by atoms with Gasteiger partial charge in [0.15, 0.2) is 0 Å². The van der Waals surface area contributed by atoms with Crippen molar-refractivity contribution in [3.8, 4) is 0 Å². The number of rotatable bonds is 6. The molecule has 1 rings (SSSR count). The highest BCUT2D eigenvalue weighted by Crippen LogP contribution is 2.26. The van der Waals surface area contributed by atoms with Gasteiger partial charge in [-0.05, 0) is 17.7 Å². The summed E-state index contributed by atoms with van der Waals surface area (Å²) in [4.78, 5) is 3.50. The molecule has 0 radical (unpaired) electrons. The Bertz CT molecular complexity index is 327. The maximum absolute atomic E-state index is 13.1. The molecule has 0 N–H and O–H groups in total. The summed E-state index contributed by atoms with van der Waals surface area (Å²) in [6, 6.07) is 3.01. The minimum absolute atomic E-state index is 0.279. The zero-order valence-electron chi connectivity index (χ0n) is 9.70. The summed E-state index contributed by atoms with van der Waals surface area (Å²) in [6.45, 7) is 0.557. The molecule has 0 fully saturated rings. The lowest BCUT2D eigenvalue weighted by Crippen LogP contribution is -2.38. The molecule has 0 spiro atoms. The minimum Gasteiger partial charge on any atom is -0.381 e.